The first-order chi connectivity index (χ1) is 14.8. The molecule has 10 nitrogen and oxygen atoms in total. The normalized spacial score (nSPS) is 16.8. The van der Waals surface area contributed by atoms with E-state index in [0.717, 1.165) is 47.7 Å². The number of fused-ring (bicyclic) bond motifs is 1. The number of nitrogens with zero attached hydrogens (tertiary/aromatic N) is 4. The van der Waals surface area contributed by atoms with Gasteiger partial charge in [-0.25, -0.2) is 8.42 Å². The molecule has 1 saturated heterocycles. The summed E-state index contributed by atoms with van der Waals surface area (Å²) in [5.41, 5.74) is 0.557. The highest BCUT2D eigenvalue weighted by Gasteiger charge is 2.30. The van der Waals surface area contributed by atoms with Crippen molar-refractivity contribution in [3.8, 4) is 0 Å². The number of carbonyl (C=O) groups is 1. The second-order valence-electron chi connectivity index (χ2n) is 7.66. The van der Waals surface area contributed by atoms with Gasteiger partial charge < -0.3 is 4.90 Å². The predicted octanol–water partition coefficient (Wildman–Crippen LogP) is 1.52. The highest BCUT2D eigenvalue weighted by molar-refractivity contribution is 7.89. The smallest absolute Gasteiger partial charge is 0.285 e. The minimum atomic E-state index is -3.57. The van der Waals surface area contributed by atoms with Crippen LogP contribution in [0.25, 0.3) is 0 Å². The van der Waals surface area contributed by atoms with Crippen LogP contribution in [-0.2, 0) is 27.8 Å². The molecular weight excluding hydrogens is 424 g/mol. The van der Waals surface area contributed by atoms with Crippen LogP contribution in [0.2, 0.25) is 0 Å². The number of rotatable bonds is 5. The van der Waals surface area contributed by atoms with E-state index < -0.39 is 26.4 Å². The molecule has 164 valence electrons. The third-order valence-corrected chi connectivity index (χ3v) is 7.58. The summed E-state index contributed by atoms with van der Waals surface area (Å²) in [6.07, 6.45) is 4.27. The van der Waals surface area contributed by atoms with E-state index in [1.54, 1.807) is 12.1 Å². The van der Waals surface area contributed by atoms with Gasteiger partial charge in [0.2, 0.25) is 15.9 Å². The van der Waals surface area contributed by atoms with Crippen LogP contribution in [0.3, 0.4) is 0 Å². The molecule has 11 heteroatoms. The molecule has 2 aromatic rings. The number of pyridine rings is 1. The molecule has 1 aromatic carbocycles. The van der Waals surface area contributed by atoms with Crippen LogP contribution >= 0.6 is 0 Å². The lowest BCUT2D eigenvalue weighted by molar-refractivity contribution is -0.385. The molecule has 0 spiro atoms. The molecule has 0 saturated carbocycles. The van der Waals surface area contributed by atoms with Gasteiger partial charge in [0.15, 0.2) is 0 Å². The predicted molar refractivity (Wildman–Crippen MR) is 112 cm³/mol. The number of aromatic nitrogens is 1. The van der Waals surface area contributed by atoms with Gasteiger partial charge in [-0.1, -0.05) is 6.42 Å². The lowest BCUT2D eigenvalue weighted by Crippen LogP contribution is -2.36. The first kappa shape index (κ1) is 21.2. The van der Waals surface area contributed by atoms with E-state index in [1.165, 1.54) is 15.3 Å². The molecule has 0 unspecified atom stereocenters. The maximum absolute atomic E-state index is 12.9. The topological polar surface area (TPSA) is 123 Å². The van der Waals surface area contributed by atoms with Crippen molar-refractivity contribution in [3.63, 3.8) is 0 Å². The van der Waals surface area contributed by atoms with Crippen LogP contribution in [-0.4, -0.2) is 47.8 Å². The van der Waals surface area contributed by atoms with Gasteiger partial charge in [0, 0.05) is 37.5 Å². The van der Waals surface area contributed by atoms with Crippen molar-refractivity contribution in [1.29, 1.82) is 0 Å². The number of piperidine rings is 1. The van der Waals surface area contributed by atoms with Crippen LogP contribution < -0.4 is 10.5 Å². The molecule has 2 aliphatic rings. The van der Waals surface area contributed by atoms with E-state index in [4.69, 9.17) is 0 Å². The number of anilines is 1. The monoisotopic (exact) mass is 446 g/mol. The second kappa shape index (κ2) is 8.23. The molecule has 0 aliphatic carbocycles. The van der Waals surface area contributed by atoms with Gasteiger partial charge in [-0.2, -0.15) is 4.31 Å². The van der Waals surface area contributed by atoms with Crippen LogP contribution in [0.1, 0.15) is 24.8 Å². The van der Waals surface area contributed by atoms with Crippen molar-refractivity contribution in [2.24, 2.45) is 0 Å². The zero-order valence-electron chi connectivity index (χ0n) is 16.8. The Balaban J connectivity index is 1.55. The number of sulfonamides is 1. The Hall–Kier alpha value is -3.05. The fraction of sp³-hybridized carbons (Fsp3) is 0.400. The van der Waals surface area contributed by atoms with E-state index in [1.807, 2.05) is 0 Å². The van der Waals surface area contributed by atoms with Crippen LogP contribution in [0, 0.1) is 10.1 Å². The molecule has 0 radical (unpaired) electrons. The first-order valence-electron chi connectivity index (χ1n) is 10.1. The molecule has 31 heavy (non-hydrogen) atoms. The molecule has 4 rings (SSSR count). The molecule has 0 N–H and O–H groups in total. The van der Waals surface area contributed by atoms with Gasteiger partial charge in [-0.3, -0.25) is 24.3 Å². The van der Waals surface area contributed by atoms with Crippen LogP contribution in [0.15, 0.2) is 46.2 Å². The molecule has 1 aromatic heterocycles. The van der Waals surface area contributed by atoms with Crippen molar-refractivity contribution >= 4 is 27.3 Å². The van der Waals surface area contributed by atoms with Crippen molar-refractivity contribution in [3.05, 3.63) is 62.6 Å². The maximum atomic E-state index is 12.9. The minimum absolute atomic E-state index is 0.220. The Morgan fingerprint density at radius 3 is 2.52 bits per heavy atom. The average molecular weight is 446 g/mol. The van der Waals surface area contributed by atoms with E-state index in [0.29, 0.717) is 31.7 Å². The summed E-state index contributed by atoms with van der Waals surface area (Å²) in [5, 5.41) is 10.9. The summed E-state index contributed by atoms with van der Waals surface area (Å²) < 4.78 is 28.4. The van der Waals surface area contributed by atoms with Gasteiger partial charge in [0.1, 0.15) is 6.54 Å². The standard InChI is InChI=1S/C20H22N4O6S/c25-19-7-4-16(24(27)28)13-21(19)14-20(26)23-11-8-15-12-17(5-6-18(15)23)31(29,30)22-9-2-1-3-10-22/h4-7,12-13H,1-3,8-11,14H2. The van der Waals surface area contributed by atoms with Crippen molar-refractivity contribution in [2.75, 3.05) is 24.5 Å². The summed E-state index contributed by atoms with van der Waals surface area (Å²) >= 11 is 0. The minimum Gasteiger partial charge on any atom is -0.310 e. The summed E-state index contributed by atoms with van der Waals surface area (Å²) in [6, 6.07) is 6.90. The SMILES string of the molecule is O=C(Cn1cc([N+](=O)[O-])ccc1=O)N1CCc2cc(S(=O)(=O)N3CCCCC3)ccc21. The third kappa shape index (κ3) is 4.10. The van der Waals surface area contributed by atoms with E-state index >= 15 is 0 Å². The Kier molecular flexibility index (Phi) is 5.63. The van der Waals surface area contributed by atoms with E-state index in [-0.39, 0.29) is 17.1 Å². The number of hydrogen-bond donors (Lipinski definition) is 0. The third-order valence-electron chi connectivity index (χ3n) is 5.68. The van der Waals surface area contributed by atoms with E-state index in [2.05, 4.69) is 0 Å². The van der Waals surface area contributed by atoms with Crippen molar-refractivity contribution in [2.45, 2.75) is 37.1 Å². The van der Waals surface area contributed by atoms with E-state index in [9.17, 15) is 28.1 Å². The lowest BCUT2D eigenvalue weighted by atomic mass is 10.2. The van der Waals surface area contributed by atoms with Crippen LogP contribution in [0.4, 0.5) is 11.4 Å². The Bertz CT molecular complexity index is 1200. The number of amides is 1. The maximum Gasteiger partial charge on any atom is 0.285 e. The quantitative estimate of drug-likeness (QED) is 0.507. The first-order valence-corrected chi connectivity index (χ1v) is 11.5. The number of nitro groups is 1. The van der Waals surface area contributed by atoms with Crippen molar-refractivity contribution < 1.29 is 18.1 Å². The Morgan fingerprint density at radius 1 is 1.06 bits per heavy atom. The summed E-state index contributed by atoms with van der Waals surface area (Å²) in [5.74, 6) is -0.395. The van der Waals surface area contributed by atoms with Gasteiger partial charge >= 0.3 is 0 Å². The van der Waals surface area contributed by atoms with Gasteiger partial charge in [-0.05, 0) is 43.0 Å². The fourth-order valence-electron chi connectivity index (χ4n) is 4.03. The van der Waals surface area contributed by atoms with Crippen LogP contribution in [0.5, 0.6) is 0 Å². The molecule has 1 amide bonds. The molecule has 1 fully saturated rings. The zero-order valence-corrected chi connectivity index (χ0v) is 17.6. The van der Waals surface area contributed by atoms with Crippen molar-refractivity contribution in [1.82, 2.24) is 8.87 Å². The highest BCUT2D eigenvalue weighted by Crippen LogP contribution is 2.32. The zero-order chi connectivity index (χ0) is 22.2. The Labute approximate surface area is 178 Å². The fourth-order valence-corrected chi connectivity index (χ4v) is 5.60. The summed E-state index contributed by atoms with van der Waals surface area (Å²) in [6.45, 7) is 1.04. The molecule has 3 heterocycles. The number of carbonyl (C=O) groups excluding carboxylic acids is 1. The molecule has 0 bridgehead atoms. The second-order valence-corrected chi connectivity index (χ2v) is 9.60. The number of hydrogen-bond acceptors (Lipinski definition) is 6. The summed E-state index contributed by atoms with van der Waals surface area (Å²) in [4.78, 5) is 36.8. The largest absolute Gasteiger partial charge is 0.310 e. The average Bonchev–Trinajstić information content (AvgIpc) is 3.19. The molecule has 0 atom stereocenters. The Morgan fingerprint density at radius 2 is 1.81 bits per heavy atom. The molecule has 2 aliphatic heterocycles. The number of benzene rings is 1. The van der Waals surface area contributed by atoms with Gasteiger partial charge in [-0.15, -0.1) is 0 Å². The lowest BCUT2D eigenvalue weighted by Gasteiger charge is -2.26. The highest BCUT2D eigenvalue weighted by atomic mass is 32.2. The summed E-state index contributed by atoms with van der Waals surface area (Å²) in [7, 11) is -3.57. The van der Waals surface area contributed by atoms with Gasteiger partial charge in [0.05, 0.1) is 16.0 Å². The molecular formula is C20H22N4O6S. The van der Waals surface area contributed by atoms with Gasteiger partial charge in [0.25, 0.3) is 11.2 Å².